The van der Waals surface area contributed by atoms with Crippen molar-refractivity contribution < 1.29 is 32.2 Å². The van der Waals surface area contributed by atoms with E-state index in [2.05, 4.69) is 5.32 Å². The molecule has 220 valence electrons. The fourth-order valence-corrected chi connectivity index (χ4v) is 5.45. The molecule has 1 aliphatic heterocycles. The average Bonchev–Trinajstić information content (AvgIpc) is 2.89. The Morgan fingerprint density at radius 1 is 1.05 bits per heavy atom. The summed E-state index contributed by atoms with van der Waals surface area (Å²) in [6.45, 7) is 8.69. The van der Waals surface area contributed by atoms with E-state index >= 15 is 0 Å². The molecule has 0 aliphatic carbocycles. The van der Waals surface area contributed by atoms with Crippen molar-refractivity contribution in [3.63, 3.8) is 0 Å². The summed E-state index contributed by atoms with van der Waals surface area (Å²) >= 11 is 0. The van der Waals surface area contributed by atoms with Crippen LogP contribution in [0, 0.1) is 0 Å². The second-order valence-corrected chi connectivity index (χ2v) is 12.7. The summed E-state index contributed by atoms with van der Waals surface area (Å²) in [4.78, 5) is 28.4. The molecule has 0 fully saturated rings. The normalized spacial score (nSPS) is 13.8. The van der Waals surface area contributed by atoms with Crippen LogP contribution in [0.25, 0.3) is 0 Å². The van der Waals surface area contributed by atoms with Gasteiger partial charge in [0.1, 0.15) is 25.0 Å². The van der Waals surface area contributed by atoms with Crippen LogP contribution in [0.2, 0.25) is 0 Å². The fraction of sp³-hybridized carbons (Fsp3) is 0.517. The van der Waals surface area contributed by atoms with E-state index in [1.54, 1.807) is 30.2 Å². The van der Waals surface area contributed by atoms with E-state index in [0.29, 0.717) is 42.6 Å². The lowest BCUT2D eigenvalue weighted by molar-refractivity contribution is -0.142. The van der Waals surface area contributed by atoms with Gasteiger partial charge in [0.05, 0.1) is 19.1 Å². The number of hydrogen-bond acceptors (Lipinski definition) is 7. The number of sulfonamides is 1. The largest absolute Gasteiger partial charge is 0.497 e. The topological polar surface area (TPSA) is 114 Å². The predicted molar refractivity (Wildman–Crippen MR) is 154 cm³/mol. The summed E-state index contributed by atoms with van der Waals surface area (Å²) in [5.41, 5.74) is 0.828. The van der Waals surface area contributed by atoms with E-state index in [-0.39, 0.29) is 37.7 Å². The van der Waals surface area contributed by atoms with Crippen LogP contribution >= 0.6 is 0 Å². The van der Waals surface area contributed by atoms with Crippen LogP contribution in [0.1, 0.15) is 52.5 Å². The minimum Gasteiger partial charge on any atom is -0.497 e. The van der Waals surface area contributed by atoms with Gasteiger partial charge in [0.25, 0.3) is 0 Å². The number of ether oxygens (including phenoxy) is 3. The number of amides is 2. The molecule has 1 N–H and O–H groups in total. The van der Waals surface area contributed by atoms with Crippen molar-refractivity contribution in [3.8, 4) is 17.2 Å². The lowest BCUT2D eigenvalue weighted by Crippen LogP contribution is -2.53. The third kappa shape index (κ3) is 8.51. The fourth-order valence-electron chi connectivity index (χ4n) is 4.49. The standard InChI is InChI=1S/C29H41N3O7S/c1-7-24(28(34)30-29(2,3)4)31(20-21-10-13-23(37-5)14-11-21)27(33)9-8-16-32(40(6,35)36)22-12-15-25-26(19-22)39-18-17-38-25/h10-15,19,24H,7-9,16-18,20H2,1-6H3,(H,30,34). The molecule has 10 nitrogen and oxygen atoms in total. The van der Waals surface area contributed by atoms with Crippen LogP contribution in [-0.4, -0.2) is 69.8 Å². The molecule has 3 rings (SSSR count). The number of anilines is 1. The molecule has 40 heavy (non-hydrogen) atoms. The van der Waals surface area contributed by atoms with Crippen molar-refractivity contribution in [2.45, 2.75) is 65.1 Å². The van der Waals surface area contributed by atoms with Gasteiger partial charge in [-0.15, -0.1) is 0 Å². The first-order valence-corrected chi connectivity index (χ1v) is 15.3. The lowest BCUT2D eigenvalue weighted by atomic mass is 10.0. The molecule has 0 bridgehead atoms. The van der Waals surface area contributed by atoms with Gasteiger partial charge in [0, 0.05) is 31.1 Å². The number of carbonyl (C=O) groups excluding carboxylic acids is 2. The number of hydrogen-bond donors (Lipinski definition) is 1. The minimum absolute atomic E-state index is 0.0615. The zero-order valence-corrected chi connectivity index (χ0v) is 25.0. The second-order valence-electron chi connectivity index (χ2n) is 10.8. The number of benzene rings is 2. The van der Waals surface area contributed by atoms with Gasteiger partial charge in [-0.05, 0) is 63.4 Å². The average molecular weight is 576 g/mol. The Morgan fingerprint density at radius 2 is 1.70 bits per heavy atom. The van der Waals surface area contributed by atoms with E-state index in [4.69, 9.17) is 14.2 Å². The van der Waals surface area contributed by atoms with Gasteiger partial charge in [-0.25, -0.2) is 8.42 Å². The monoisotopic (exact) mass is 575 g/mol. The summed E-state index contributed by atoms with van der Waals surface area (Å²) in [5.74, 6) is 1.27. The Labute approximate surface area is 237 Å². The third-order valence-corrected chi connectivity index (χ3v) is 7.56. The van der Waals surface area contributed by atoms with Crippen LogP contribution in [0.4, 0.5) is 5.69 Å². The molecule has 2 aromatic carbocycles. The van der Waals surface area contributed by atoms with Gasteiger partial charge in [-0.3, -0.25) is 13.9 Å². The van der Waals surface area contributed by atoms with Crippen LogP contribution in [0.5, 0.6) is 17.2 Å². The van der Waals surface area contributed by atoms with E-state index in [1.165, 1.54) is 4.31 Å². The summed E-state index contributed by atoms with van der Waals surface area (Å²) < 4.78 is 43.0. The SMILES string of the molecule is CCC(C(=O)NC(C)(C)C)N(Cc1ccc(OC)cc1)C(=O)CCCN(c1ccc2c(c1)OCCO2)S(C)(=O)=O. The summed E-state index contributed by atoms with van der Waals surface area (Å²) in [7, 11) is -2.05. The number of nitrogens with zero attached hydrogens (tertiary/aromatic N) is 2. The highest BCUT2D eigenvalue weighted by Gasteiger charge is 2.31. The Hall–Kier alpha value is -3.47. The maximum absolute atomic E-state index is 13.6. The molecule has 0 spiro atoms. The van der Waals surface area contributed by atoms with E-state index in [1.807, 2.05) is 52.0 Å². The molecule has 0 saturated heterocycles. The zero-order chi connectivity index (χ0) is 29.5. The molecule has 1 unspecified atom stereocenters. The van der Waals surface area contributed by atoms with Crippen molar-refractivity contribution in [1.29, 1.82) is 0 Å². The van der Waals surface area contributed by atoms with Gasteiger partial charge < -0.3 is 24.4 Å². The molecule has 0 aromatic heterocycles. The van der Waals surface area contributed by atoms with Crippen molar-refractivity contribution >= 4 is 27.5 Å². The highest BCUT2D eigenvalue weighted by atomic mass is 32.2. The maximum atomic E-state index is 13.6. The first kappa shape index (κ1) is 31.1. The molecular weight excluding hydrogens is 534 g/mol. The van der Waals surface area contributed by atoms with Crippen molar-refractivity contribution in [3.05, 3.63) is 48.0 Å². The van der Waals surface area contributed by atoms with Crippen LogP contribution in [0.3, 0.4) is 0 Å². The van der Waals surface area contributed by atoms with Gasteiger partial charge >= 0.3 is 0 Å². The third-order valence-electron chi connectivity index (χ3n) is 6.36. The number of nitrogens with one attached hydrogen (secondary N) is 1. The predicted octanol–water partition coefficient (Wildman–Crippen LogP) is 3.73. The molecule has 1 atom stereocenters. The highest BCUT2D eigenvalue weighted by Crippen LogP contribution is 2.34. The minimum atomic E-state index is -3.64. The number of carbonyl (C=O) groups is 2. The summed E-state index contributed by atoms with van der Waals surface area (Å²) in [5, 5.41) is 2.99. The van der Waals surface area contributed by atoms with Crippen molar-refractivity contribution in [2.75, 3.05) is 37.4 Å². The molecule has 0 radical (unpaired) electrons. The number of rotatable bonds is 12. The van der Waals surface area contributed by atoms with Crippen molar-refractivity contribution in [2.24, 2.45) is 0 Å². The summed E-state index contributed by atoms with van der Waals surface area (Å²) in [6, 6.07) is 11.6. The Kier molecular flexibility index (Phi) is 10.3. The first-order valence-electron chi connectivity index (χ1n) is 13.4. The van der Waals surface area contributed by atoms with Crippen LogP contribution in [-0.2, 0) is 26.2 Å². The zero-order valence-electron chi connectivity index (χ0n) is 24.2. The Morgan fingerprint density at radius 3 is 2.27 bits per heavy atom. The van der Waals surface area contributed by atoms with Gasteiger partial charge in [0.2, 0.25) is 21.8 Å². The molecular formula is C29H41N3O7S. The summed E-state index contributed by atoms with van der Waals surface area (Å²) in [6.07, 6.45) is 1.88. The molecule has 1 aliphatic rings. The molecule has 2 amide bonds. The maximum Gasteiger partial charge on any atom is 0.243 e. The Balaban J connectivity index is 1.78. The second kappa shape index (κ2) is 13.3. The number of methoxy groups -OCH3 is 1. The quantitative estimate of drug-likeness (QED) is 0.410. The van der Waals surface area contributed by atoms with Crippen molar-refractivity contribution in [1.82, 2.24) is 10.2 Å². The number of fused-ring (bicyclic) bond motifs is 1. The van der Waals surface area contributed by atoms with Gasteiger partial charge in [0.15, 0.2) is 11.5 Å². The van der Waals surface area contributed by atoms with Gasteiger partial charge in [-0.2, -0.15) is 0 Å². The smallest absolute Gasteiger partial charge is 0.243 e. The first-order chi connectivity index (χ1) is 18.8. The van der Waals surface area contributed by atoms with Gasteiger partial charge in [-0.1, -0.05) is 19.1 Å². The molecule has 1 heterocycles. The molecule has 11 heteroatoms. The molecule has 0 saturated carbocycles. The van der Waals surface area contributed by atoms with E-state index in [9.17, 15) is 18.0 Å². The highest BCUT2D eigenvalue weighted by molar-refractivity contribution is 7.92. The van der Waals surface area contributed by atoms with E-state index < -0.39 is 21.6 Å². The van der Waals surface area contributed by atoms with Crippen LogP contribution < -0.4 is 23.8 Å². The lowest BCUT2D eigenvalue weighted by Gasteiger charge is -2.33. The Bertz CT molecular complexity index is 1270. The van der Waals surface area contributed by atoms with Crippen LogP contribution in [0.15, 0.2) is 42.5 Å². The molecule has 2 aromatic rings. The van der Waals surface area contributed by atoms with E-state index in [0.717, 1.165) is 11.8 Å².